The third-order valence-electron chi connectivity index (χ3n) is 2.63. The summed E-state index contributed by atoms with van der Waals surface area (Å²) >= 11 is 0. The third-order valence-corrected chi connectivity index (χ3v) is 2.63. The molecule has 0 radical (unpaired) electrons. The molecule has 1 heterocycles. The molecule has 2 nitrogen and oxygen atoms in total. The SMILES string of the molecule is Cc1ccc2ccnc(CC(C)(C)N)c2c1. The summed E-state index contributed by atoms with van der Waals surface area (Å²) in [4.78, 5) is 4.45. The number of pyridine rings is 1. The Morgan fingerprint density at radius 2 is 2.00 bits per heavy atom. The van der Waals surface area contributed by atoms with Gasteiger partial charge in [-0.2, -0.15) is 0 Å². The molecular formula is C14H18N2. The normalized spacial score (nSPS) is 12.0. The molecule has 1 aromatic heterocycles. The van der Waals surface area contributed by atoms with E-state index in [1.807, 2.05) is 26.1 Å². The van der Waals surface area contributed by atoms with Gasteiger partial charge in [0, 0.05) is 29.2 Å². The number of hydrogen-bond acceptors (Lipinski definition) is 2. The van der Waals surface area contributed by atoms with Crippen LogP contribution in [0.3, 0.4) is 0 Å². The maximum Gasteiger partial charge on any atom is 0.0500 e. The molecule has 0 amide bonds. The predicted octanol–water partition coefficient (Wildman–Crippen LogP) is 2.82. The Kier molecular flexibility index (Phi) is 2.68. The van der Waals surface area contributed by atoms with E-state index < -0.39 is 0 Å². The Bertz CT molecular complexity index is 510. The molecule has 0 aliphatic heterocycles. The van der Waals surface area contributed by atoms with E-state index in [0.29, 0.717) is 0 Å². The maximum absolute atomic E-state index is 6.06. The number of rotatable bonds is 2. The Labute approximate surface area is 96.5 Å². The average molecular weight is 214 g/mol. The summed E-state index contributed by atoms with van der Waals surface area (Å²) < 4.78 is 0. The quantitative estimate of drug-likeness (QED) is 0.835. The molecule has 0 bridgehead atoms. The van der Waals surface area contributed by atoms with Gasteiger partial charge >= 0.3 is 0 Å². The van der Waals surface area contributed by atoms with Crippen LogP contribution < -0.4 is 5.73 Å². The van der Waals surface area contributed by atoms with E-state index in [4.69, 9.17) is 5.73 Å². The van der Waals surface area contributed by atoms with Gasteiger partial charge in [0.2, 0.25) is 0 Å². The molecule has 16 heavy (non-hydrogen) atoms. The van der Waals surface area contributed by atoms with Crippen LogP contribution in [0.1, 0.15) is 25.1 Å². The van der Waals surface area contributed by atoms with Gasteiger partial charge in [0.1, 0.15) is 0 Å². The second-order valence-electron chi connectivity index (χ2n) is 5.15. The number of fused-ring (bicyclic) bond motifs is 1. The number of hydrogen-bond donors (Lipinski definition) is 1. The van der Waals surface area contributed by atoms with Crippen molar-refractivity contribution < 1.29 is 0 Å². The molecule has 84 valence electrons. The molecular weight excluding hydrogens is 196 g/mol. The minimum Gasteiger partial charge on any atom is -0.325 e. The monoisotopic (exact) mass is 214 g/mol. The standard InChI is InChI=1S/C14H18N2/c1-10-4-5-11-6-7-16-13(12(11)8-10)9-14(2,3)15/h4-8H,9,15H2,1-3H3. The second kappa shape index (κ2) is 3.87. The van der Waals surface area contributed by atoms with Gasteiger partial charge in [-0.3, -0.25) is 4.98 Å². The van der Waals surface area contributed by atoms with Crippen molar-refractivity contribution in [2.45, 2.75) is 32.7 Å². The molecule has 0 unspecified atom stereocenters. The van der Waals surface area contributed by atoms with Gasteiger partial charge < -0.3 is 5.73 Å². The molecule has 2 aromatic rings. The van der Waals surface area contributed by atoms with E-state index in [-0.39, 0.29) is 5.54 Å². The van der Waals surface area contributed by atoms with Gasteiger partial charge in [0.15, 0.2) is 0 Å². The second-order valence-corrected chi connectivity index (χ2v) is 5.15. The number of aromatic nitrogens is 1. The van der Waals surface area contributed by atoms with Gasteiger partial charge in [-0.25, -0.2) is 0 Å². The van der Waals surface area contributed by atoms with Crippen molar-refractivity contribution in [1.82, 2.24) is 4.98 Å². The predicted molar refractivity (Wildman–Crippen MR) is 68.5 cm³/mol. The zero-order valence-corrected chi connectivity index (χ0v) is 10.1. The topological polar surface area (TPSA) is 38.9 Å². The van der Waals surface area contributed by atoms with Gasteiger partial charge in [-0.1, -0.05) is 17.7 Å². The van der Waals surface area contributed by atoms with Crippen LogP contribution in [0.2, 0.25) is 0 Å². The van der Waals surface area contributed by atoms with E-state index in [9.17, 15) is 0 Å². The fourth-order valence-corrected chi connectivity index (χ4v) is 1.91. The molecule has 0 fully saturated rings. The number of benzene rings is 1. The van der Waals surface area contributed by atoms with Crippen LogP contribution in [0, 0.1) is 6.92 Å². The summed E-state index contributed by atoms with van der Waals surface area (Å²) in [5.41, 5.74) is 8.19. The summed E-state index contributed by atoms with van der Waals surface area (Å²) in [5.74, 6) is 0. The molecule has 0 spiro atoms. The fraction of sp³-hybridized carbons (Fsp3) is 0.357. The highest BCUT2D eigenvalue weighted by molar-refractivity contribution is 5.85. The highest BCUT2D eigenvalue weighted by atomic mass is 14.7. The Morgan fingerprint density at radius 3 is 2.69 bits per heavy atom. The first kappa shape index (κ1) is 11.1. The Hall–Kier alpha value is -1.41. The van der Waals surface area contributed by atoms with Crippen molar-refractivity contribution in [1.29, 1.82) is 0 Å². The number of nitrogens with zero attached hydrogens (tertiary/aromatic N) is 1. The van der Waals surface area contributed by atoms with Crippen molar-refractivity contribution in [2.24, 2.45) is 5.73 Å². The minimum absolute atomic E-state index is 0.217. The summed E-state index contributed by atoms with van der Waals surface area (Å²) in [6.45, 7) is 6.16. The molecule has 1 aromatic carbocycles. The van der Waals surface area contributed by atoms with E-state index in [0.717, 1.165) is 12.1 Å². The first-order valence-electron chi connectivity index (χ1n) is 5.59. The van der Waals surface area contributed by atoms with Crippen LogP contribution in [0.25, 0.3) is 10.8 Å². The molecule has 2 N–H and O–H groups in total. The molecule has 2 rings (SSSR count). The maximum atomic E-state index is 6.06. The van der Waals surface area contributed by atoms with Crippen LogP contribution in [-0.2, 0) is 6.42 Å². The van der Waals surface area contributed by atoms with Crippen molar-refractivity contribution in [2.75, 3.05) is 0 Å². The van der Waals surface area contributed by atoms with Crippen LogP contribution in [0.5, 0.6) is 0 Å². The van der Waals surface area contributed by atoms with Crippen LogP contribution in [0.15, 0.2) is 30.5 Å². The van der Waals surface area contributed by atoms with Crippen molar-refractivity contribution >= 4 is 10.8 Å². The van der Waals surface area contributed by atoms with Crippen molar-refractivity contribution in [3.63, 3.8) is 0 Å². The number of aryl methyl sites for hydroxylation is 1. The lowest BCUT2D eigenvalue weighted by Crippen LogP contribution is -2.34. The first-order chi connectivity index (χ1) is 7.46. The van der Waals surface area contributed by atoms with Gasteiger partial charge in [0.05, 0.1) is 0 Å². The highest BCUT2D eigenvalue weighted by Crippen LogP contribution is 2.21. The smallest absolute Gasteiger partial charge is 0.0500 e. The van der Waals surface area contributed by atoms with E-state index in [1.54, 1.807) is 0 Å². The van der Waals surface area contributed by atoms with Gasteiger partial charge in [-0.05, 0) is 38.3 Å². The first-order valence-corrected chi connectivity index (χ1v) is 5.59. The largest absolute Gasteiger partial charge is 0.325 e. The van der Waals surface area contributed by atoms with Gasteiger partial charge in [0.25, 0.3) is 0 Å². The molecule has 0 atom stereocenters. The molecule has 2 heteroatoms. The van der Waals surface area contributed by atoms with Gasteiger partial charge in [-0.15, -0.1) is 0 Å². The summed E-state index contributed by atoms with van der Waals surface area (Å²) in [6, 6.07) is 8.49. The zero-order chi connectivity index (χ0) is 11.8. The summed E-state index contributed by atoms with van der Waals surface area (Å²) in [6.07, 6.45) is 2.66. The van der Waals surface area contributed by atoms with E-state index in [1.165, 1.54) is 16.3 Å². The summed E-state index contributed by atoms with van der Waals surface area (Å²) in [7, 11) is 0. The van der Waals surface area contributed by atoms with Crippen molar-refractivity contribution in [3.05, 3.63) is 41.7 Å². The van der Waals surface area contributed by atoms with Crippen LogP contribution in [-0.4, -0.2) is 10.5 Å². The molecule has 0 aliphatic carbocycles. The molecule has 0 aliphatic rings. The lowest BCUT2D eigenvalue weighted by atomic mass is 9.96. The van der Waals surface area contributed by atoms with Crippen molar-refractivity contribution in [3.8, 4) is 0 Å². The number of nitrogens with two attached hydrogens (primary N) is 1. The Morgan fingerprint density at radius 1 is 1.25 bits per heavy atom. The third kappa shape index (κ3) is 2.39. The lowest BCUT2D eigenvalue weighted by molar-refractivity contribution is 0.512. The summed E-state index contributed by atoms with van der Waals surface area (Å²) in [5, 5.41) is 2.46. The molecule has 0 saturated heterocycles. The van der Waals surface area contributed by atoms with Crippen LogP contribution >= 0.6 is 0 Å². The average Bonchev–Trinajstić information content (AvgIpc) is 2.17. The minimum atomic E-state index is -0.217. The fourth-order valence-electron chi connectivity index (χ4n) is 1.91. The highest BCUT2D eigenvalue weighted by Gasteiger charge is 2.14. The zero-order valence-electron chi connectivity index (χ0n) is 10.1. The Balaban J connectivity index is 2.56. The molecule has 0 saturated carbocycles. The van der Waals surface area contributed by atoms with E-state index >= 15 is 0 Å². The van der Waals surface area contributed by atoms with E-state index in [2.05, 4.69) is 30.1 Å². The van der Waals surface area contributed by atoms with Crippen LogP contribution in [0.4, 0.5) is 0 Å². The lowest BCUT2D eigenvalue weighted by Gasteiger charge is -2.18.